The molecule has 1 aromatic carbocycles. The summed E-state index contributed by atoms with van der Waals surface area (Å²) in [5, 5.41) is 0. The number of carbonyl (C=O) groups excluding carboxylic acids is 1. The smallest absolute Gasteiger partial charge is 0.276 e. The fraction of sp³-hybridized carbons (Fsp3) is 0.143. The standard InChI is InChI=1S/C14H13FN2O2/c1-17(10-5-3-6-11(9-10)19-2)14(18)12-7-4-8-13(15)16-12/h3-9H,1-2H3. The van der Waals surface area contributed by atoms with Gasteiger partial charge in [-0.2, -0.15) is 4.39 Å². The molecule has 2 rings (SSSR count). The fourth-order valence-electron chi connectivity index (χ4n) is 1.64. The van der Waals surface area contributed by atoms with E-state index in [4.69, 9.17) is 4.74 Å². The van der Waals surface area contributed by atoms with Gasteiger partial charge in [0.1, 0.15) is 11.4 Å². The topological polar surface area (TPSA) is 42.4 Å². The molecule has 19 heavy (non-hydrogen) atoms. The number of hydrogen-bond acceptors (Lipinski definition) is 3. The number of aromatic nitrogens is 1. The van der Waals surface area contributed by atoms with Gasteiger partial charge in [0.2, 0.25) is 5.95 Å². The number of carbonyl (C=O) groups is 1. The molecule has 0 saturated heterocycles. The lowest BCUT2D eigenvalue weighted by molar-refractivity contribution is 0.0987. The largest absolute Gasteiger partial charge is 0.497 e. The molecule has 0 saturated carbocycles. The van der Waals surface area contributed by atoms with Gasteiger partial charge in [-0.15, -0.1) is 0 Å². The minimum Gasteiger partial charge on any atom is -0.497 e. The highest BCUT2D eigenvalue weighted by Crippen LogP contribution is 2.21. The number of methoxy groups -OCH3 is 1. The lowest BCUT2D eigenvalue weighted by Crippen LogP contribution is -2.27. The molecule has 5 heteroatoms. The molecule has 0 unspecified atom stereocenters. The van der Waals surface area contributed by atoms with Gasteiger partial charge >= 0.3 is 0 Å². The predicted octanol–water partition coefficient (Wildman–Crippen LogP) is 2.51. The average Bonchev–Trinajstić information content (AvgIpc) is 2.45. The van der Waals surface area contributed by atoms with Gasteiger partial charge in [0.05, 0.1) is 7.11 Å². The van der Waals surface area contributed by atoms with Crippen molar-refractivity contribution in [3.63, 3.8) is 0 Å². The van der Waals surface area contributed by atoms with Crippen LogP contribution < -0.4 is 9.64 Å². The Bertz CT molecular complexity index is 602. The molecule has 1 heterocycles. The van der Waals surface area contributed by atoms with Crippen molar-refractivity contribution in [1.82, 2.24) is 4.98 Å². The molecule has 0 aliphatic carbocycles. The Labute approximate surface area is 110 Å². The van der Waals surface area contributed by atoms with Gasteiger partial charge in [-0.05, 0) is 24.3 Å². The van der Waals surface area contributed by atoms with Crippen molar-refractivity contribution in [2.75, 3.05) is 19.1 Å². The molecular weight excluding hydrogens is 247 g/mol. The second kappa shape index (κ2) is 5.48. The number of benzene rings is 1. The van der Waals surface area contributed by atoms with Gasteiger partial charge < -0.3 is 9.64 Å². The first kappa shape index (κ1) is 13.0. The van der Waals surface area contributed by atoms with Crippen molar-refractivity contribution in [2.24, 2.45) is 0 Å². The Balaban J connectivity index is 2.28. The van der Waals surface area contributed by atoms with Crippen LogP contribution in [0.1, 0.15) is 10.5 Å². The lowest BCUT2D eigenvalue weighted by atomic mass is 10.2. The molecule has 0 radical (unpaired) electrons. The number of amides is 1. The molecule has 1 aromatic heterocycles. The lowest BCUT2D eigenvalue weighted by Gasteiger charge is -2.17. The highest BCUT2D eigenvalue weighted by molar-refractivity contribution is 6.04. The third-order valence-corrected chi connectivity index (χ3v) is 2.68. The van der Waals surface area contributed by atoms with Gasteiger partial charge in [0, 0.05) is 18.8 Å². The maximum absolute atomic E-state index is 13.0. The molecule has 0 bridgehead atoms. The van der Waals surface area contributed by atoms with Crippen LogP contribution in [0.2, 0.25) is 0 Å². The second-order valence-corrected chi connectivity index (χ2v) is 3.91. The highest BCUT2D eigenvalue weighted by atomic mass is 19.1. The van der Waals surface area contributed by atoms with Crippen LogP contribution in [0.4, 0.5) is 10.1 Å². The Morgan fingerprint density at radius 1 is 1.26 bits per heavy atom. The fourth-order valence-corrected chi connectivity index (χ4v) is 1.64. The first-order valence-corrected chi connectivity index (χ1v) is 5.66. The minimum atomic E-state index is -0.676. The summed E-state index contributed by atoms with van der Waals surface area (Å²) in [7, 11) is 3.15. The molecule has 0 aliphatic rings. The summed E-state index contributed by atoms with van der Waals surface area (Å²) in [6.45, 7) is 0. The Morgan fingerprint density at radius 2 is 2.00 bits per heavy atom. The SMILES string of the molecule is COc1cccc(N(C)C(=O)c2cccc(F)n2)c1. The molecular formula is C14H13FN2O2. The van der Waals surface area contributed by atoms with Crippen LogP contribution in [0, 0.1) is 5.95 Å². The number of pyridine rings is 1. The highest BCUT2D eigenvalue weighted by Gasteiger charge is 2.15. The van der Waals surface area contributed by atoms with Crippen molar-refractivity contribution < 1.29 is 13.9 Å². The number of nitrogens with zero attached hydrogens (tertiary/aromatic N) is 2. The van der Waals surface area contributed by atoms with E-state index in [1.54, 1.807) is 38.4 Å². The van der Waals surface area contributed by atoms with Crippen LogP contribution in [-0.2, 0) is 0 Å². The molecule has 0 N–H and O–H groups in total. The van der Waals surface area contributed by atoms with E-state index < -0.39 is 5.95 Å². The first-order valence-electron chi connectivity index (χ1n) is 5.66. The number of hydrogen-bond donors (Lipinski definition) is 0. The monoisotopic (exact) mass is 260 g/mol. The minimum absolute atomic E-state index is 0.0605. The number of halogens is 1. The van der Waals surface area contributed by atoms with Gasteiger partial charge in [0.15, 0.2) is 0 Å². The number of rotatable bonds is 3. The van der Waals surface area contributed by atoms with Crippen molar-refractivity contribution >= 4 is 11.6 Å². The van der Waals surface area contributed by atoms with E-state index in [9.17, 15) is 9.18 Å². The van der Waals surface area contributed by atoms with E-state index in [0.717, 1.165) is 0 Å². The summed E-state index contributed by atoms with van der Waals surface area (Å²) in [5.41, 5.74) is 0.709. The van der Waals surface area contributed by atoms with E-state index in [2.05, 4.69) is 4.98 Å². The summed E-state index contributed by atoms with van der Waals surface area (Å²) in [6.07, 6.45) is 0. The zero-order valence-corrected chi connectivity index (χ0v) is 10.6. The van der Waals surface area contributed by atoms with Crippen LogP contribution in [0.15, 0.2) is 42.5 Å². The maximum Gasteiger partial charge on any atom is 0.276 e. The summed E-state index contributed by atoms with van der Waals surface area (Å²) in [6, 6.07) is 11.2. The van der Waals surface area contributed by atoms with Crippen LogP contribution >= 0.6 is 0 Å². The van der Waals surface area contributed by atoms with Gasteiger partial charge in [-0.3, -0.25) is 4.79 Å². The van der Waals surface area contributed by atoms with Crippen LogP contribution in [0.5, 0.6) is 5.75 Å². The summed E-state index contributed by atoms with van der Waals surface area (Å²) in [4.78, 5) is 17.1. The van der Waals surface area contributed by atoms with E-state index >= 15 is 0 Å². The Morgan fingerprint density at radius 3 is 2.68 bits per heavy atom. The van der Waals surface area contributed by atoms with Crippen molar-refractivity contribution in [3.8, 4) is 5.75 Å². The van der Waals surface area contributed by atoms with Gasteiger partial charge in [0.25, 0.3) is 5.91 Å². The molecule has 2 aromatic rings. The van der Waals surface area contributed by atoms with Gasteiger partial charge in [-0.25, -0.2) is 4.98 Å². The zero-order chi connectivity index (χ0) is 13.8. The molecule has 98 valence electrons. The number of ether oxygens (including phenoxy) is 1. The van der Waals surface area contributed by atoms with Crippen molar-refractivity contribution in [2.45, 2.75) is 0 Å². The van der Waals surface area contributed by atoms with Gasteiger partial charge in [-0.1, -0.05) is 12.1 Å². The summed E-state index contributed by atoms with van der Waals surface area (Å²) < 4.78 is 18.1. The molecule has 0 aliphatic heterocycles. The van der Waals surface area contributed by atoms with E-state index in [0.29, 0.717) is 11.4 Å². The van der Waals surface area contributed by atoms with E-state index in [1.165, 1.54) is 23.1 Å². The maximum atomic E-state index is 13.0. The molecule has 1 amide bonds. The van der Waals surface area contributed by atoms with Crippen molar-refractivity contribution in [3.05, 3.63) is 54.1 Å². The van der Waals surface area contributed by atoms with E-state index in [-0.39, 0.29) is 11.6 Å². The first-order chi connectivity index (χ1) is 9.11. The Hall–Kier alpha value is -2.43. The molecule has 0 fully saturated rings. The zero-order valence-electron chi connectivity index (χ0n) is 10.6. The summed E-state index contributed by atoms with van der Waals surface area (Å²) >= 11 is 0. The third-order valence-electron chi connectivity index (χ3n) is 2.68. The quantitative estimate of drug-likeness (QED) is 0.796. The normalized spacial score (nSPS) is 10.1. The van der Waals surface area contributed by atoms with Crippen molar-refractivity contribution in [1.29, 1.82) is 0 Å². The van der Waals surface area contributed by atoms with E-state index in [1.807, 2.05) is 0 Å². The second-order valence-electron chi connectivity index (χ2n) is 3.91. The summed E-state index contributed by atoms with van der Waals surface area (Å²) in [5.74, 6) is -0.415. The molecule has 4 nitrogen and oxygen atoms in total. The molecule has 0 spiro atoms. The Kier molecular flexibility index (Phi) is 3.75. The predicted molar refractivity (Wildman–Crippen MR) is 69.9 cm³/mol. The van der Waals surface area contributed by atoms with Crippen LogP contribution in [0.25, 0.3) is 0 Å². The van der Waals surface area contributed by atoms with Crippen LogP contribution in [0.3, 0.4) is 0 Å². The van der Waals surface area contributed by atoms with Crippen LogP contribution in [-0.4, -0.2) is 25.0 Å². The molecule has 0 atom stereocenters. The average molecular weight is 260 g/mol. The third kappa shape index (κ3) is 2.88. The number of anilines is 1.